The Bertz CT molecular complexity index is 543. The number of fused-ring (bicyclic) bond motifs is 1. The quantitative estimate of drug-likeness (QED) is 0.703. The second-order valence-corrected chi connectivity index (χ2v) is 5.34. The summed E-state index contributed by atoms with van der Waals surface area (Å²) in [6, 6.07) is 6.71. The standard InChI is InChI=1S/C18H20/c1-3-14-7-4-10-16(14)13(2)17-11-5-8-15-9-6-12-18(15)17/h3,5,8,11H,1-2,4,6-7,9-10,12H2. The molecule has 0 spiro atoms. The van der Waals surface area contributed by atoms with Crippen LogP contribution in [0.25, 0.3) is 5.57 Å². The van der Waals surface area contributed by atoms with Gasteiger partial charge in [-0.25, -0.2) is 0 Å². The fourth-order valence-corrected chi connectivity index (χ4v) is 3.40. The van der Waals surface area contributed by atoms with Crippen molar-refractivity contribution in [1.29, 1.82) is 0 Å². The van der Waals surface area contributed by atoms with E-state index < -0.39 is 0 Å². The first-order valence-electron chi connectivity index (χ1n) is 6.96. The van der Waals surface area contributed by atoms with Crippen LogP contribution in [-0.4, -0.2) is 0 Å². The smallest absolute Gasteiger partial charge is 0.0152 e. The van der Waals surface area contributed by atoms with Crippen molar-refractivity contribution in [3.05, 3.63) is 65.3 Å². The van der Waals surface area contributed by atoms with Crippen molar-refractivity contribution in [2.45, 2.75) is 38.5 Å². The molecule has 0 radical (unpaired) electrons. The second-order valence-electron chi connectivity index (χ2n) is 5.34. The van der Waals surface area contributed by atoms with Gasteiger partial charge in [-0.3, -0.25) is 0 Å². The fourth-order valence-electron chi connectivity index (χ4n) is 3.40. The molecule has 0 aliphatic heterocycles. The molecule has 2 aliphatic carbocycles. The van der Waals surface area contributed by atoms with E-state index in [2.05, 4.69) is 31.4 Å². The fraction of sp³-hybridized carbons (Fsp3) is 0.333. The molecule has 1 aromatic rings. The van der Waals surface area contributed by atoms with Gasteiger partial charge in [0.15, 0.2) is 0 Å². The van der Waals surface area contributed by atoms with Gasteiger partial charge in [0.25, 0.3) is 0 Å². The van der Waals surface area contributed by atoms with Crippen molar-refractivity contribution in [3.63, 3.8) is 0 Å². The topological polar surface area (TPSA) is 0 Å². The van der Waals surface area contributed by atoms with E-state index in [0.29, 0.717) is 0 Å². The highest BCUT2D eigenvalue weighted by Gasteiger charge is 2.20. The van der Waals surface area contributed by atoms with Gasteiger partial charge in [0.2, 0.25) is 0 Å². The zero-order valence-corrected chi connectivity index (χ0v) is 11.0. The Balaban J connectivity index is 2.04. The lowest BCUT2D eigenvalue weighted by Gasteiger charge is -2.13. The van der Waals surface area contributed by atoms with Gasteiger partial charge < -0.3 is 0 Å². The lowest BCUT2D eigenvalue weighted by molar-refractivity contribution is 0.905. The number of hydrogen-bond donors (Lipinski definition) is 0. The molecule has 0 saturated heterocycles. The maximum absolute atomic E-state index is 4.38. The zero-order chi connectivity index (χ0) is 12.5. The van der Waals surface area contributed by atoms with Gasteiger partial charge in [-0.2, -0.15) is 0 Å². The van der Waals surface area contributed by atoms with Crippen molar-refractivity contribution in [2.75, 3.05) is 0 Å². The first-order chi connectivity index (χ1) is 8.81. The van der Waals surface area contributed by atoms with Crippen molar-refractivity contribution in [2.24, 2.45) is 0 Å². The van der Waals surface area contributed by atoms with Gasteiger partial charge >= 0.3 is 0 Å². The summed E-state index contributed by atoms with van der Waals surface area (Å²) < 4.78 is 0. The van der Waals surface area contributed by atoms with Crippen LogP contribution in [0.1, 0.15) is 42.4 Å². The van der Waals surface area contributed by atoms with Gasteiger partial charge in [-0.05, 0) is 71.9 Å². The number of aryl methyl sites for hydroxylation is 1. The maximum Gasteiger partial charge on any atom is -0.0152 e. The van der Waals surface area contributed by atoms with Crippen molar-refractivity contribution in [3.8, 4) is 0 Å². The van der Waals surface area contributed by atoms with Crippen LogP contribution in [-0.2, 0) is 12.8 Å². The van der Waals surface area contributed by atoms with Crippen molar-refractivity contribution >= 4 is 5.57 Å². The van der Waals surface area contributed by atoms with Crippen LogP contribution in [0.3, 0.4) is 0 Å². The third-order valence-corrected chi connectivity index (χ3v) is 4.34. The lowest BCUT2D eigenvalue weighted by Crippen LogP contribution is -1.94. The van der Waals surface area contributed by atoms with Crippen LogP contribution < -0.4 is 0 Å². The van der Waals surface area contributed by atoms with Crippen molar-refractivity contribution < 1.29 is 0 Å². The average molecular weight is 236 g/mol. The first kappa shape index (κ1) is 11.5. The molecule has 3 rings (SSSR count). The summed E-state index contributed by atoms with van der Waals surface area (Å²) in [5.41, 5.74) is 8.58. The Morgan fingerprint density at radius 3 is 2.72 bits per heavy atom. The summed E-state index contributed by atoms with van der Waals surface area (Å²) in [5.74, 6) is 0. The summed E-state index contributed by atoms with van der Waals surface area (Å²) in [5, 5.41) is 0. The molecule has 0 saturated carbocycles. The molecule has 0 atom stereocenters. The first-order valence-corrected chi connectivity index (χ1v) is 6.96. The van der Waals surface area contributed by atoms with E-state index in [4.69, 9.17) is 0 Å². The summed E-state index contributed by atoms with van der Waals surface area (Å²) in [6.07, 6.45) is 9.39. The van der Waals surface area contributed by atoms with E-state index in [-0.39, 0.29) is 0 Å². The van der Waals surface area contributed by atoms with Crippen LogP contribution in [0, 0.1) is 0 Å². The molecule has 92 valence electrons. The van der Waals surface area contributed by atoms with Crippen LogP contribution in [0.15, 0.2) is 48.6 Å². The van der Waals surface area contributed by atoms with E-state index >= 15 is 0 Å². The van der Waals surface area contributed by atoms with Gasteiger partial charge in [-0.1, -0.05) is 37.4 Å². The van der Waals surface area contributed by atoms with E-state index in [1.807, 2.05) is 6.08 Å². The maximum atomic E-state index is 4.38. The molecule has 0 N–H and O–H groups in total. The van der Waals surface area contributed by atoms with Gasteiger partial charge in [-0.15, -0.1) is 0 Å². The SMILES string of the molecule is C=CC1=C(C(=C)c2cccc3c2CCC3)CCC1. The van der Waals surface area contributed by atoms with Crippen LogP contribution >= 0.6 is 0 Å². The van der Waals surface area contributed by atoms with Gasteiger partial charge in [0.05, 0.1) is 0 Å². The third-order valence-electron chi connectivity index (χ3n) is 4.34. The van der Waals surface area contributed by atoms with E-state index in [0.717, 1.165) is 0 Å². The predicted molar refractivity (Wildman–Crippen MR) is 78.6 cm³/mol. The molecule has 0 bridgehead atoms. The number of allylic oxidation sites excluding steroid dienone is 4. The summed E-state index contributed by atoms with van der Waals surface area (Å²) >= 11 is 0. The number of rotatable bonds is 3. The minimum absolute atomic E-state index is 1.17. The Hall–Kier alpha value is -1.56. The normalized spacial score (nSPS) is 18.0. The highest BCUT2D eigenvalue weighted by atomic mass is 14.2. The highest BCUT2D eigenvalue weighted by molar-refractivity contribution is 5.81. The van der Waals surface area contributed by atoms with Crippen LogP contribution in [0.4, 0.5) is 0 Å². The van der Waals surface area contributed by atoms with Crippen LogP contribution in [0.5, 0.6) is 0 Å². The second kappa shape index (κ2) is 4.61. The van der Waals surface area contributed by atoms with Gasteiger partial charge in [0.1, 0.15) is 0 Å². The summed E-state index contributed by atoms with van der Waals surface area (Å²) in [7, 11) is 0. The third kappa shape index (κ3) is 1.77. The minimum Gasteiger partial charge on any atom is -0.0988 e. The molecule has 0 unspecified atom stereocenters. The van der Waals surface area contributed by atoms with Crippen LogP contribution in [0.2, 0.25) is 0 Å². The van der Waals surface area contributed by atoms with Crippen molar-refractivity contribution in [1.82, 2.24) is 0 Å². The van der Waals surface area contributed by atoms with E-state index in [1.54, 1.807) is 5.56 Å². The molecule has 0 aromatic heterocycles. The monoisotopic (exact) mass is 236 g/mol. The van der Waals surface area contributed by atoms with Gasteiger partial charge in [0, 0.05) is 0 Å². The average Bonchev–Trinajstić information content (AvgIpc) is 3.05. The molecule has 2 aliphatic rings. The predicted octanol–water partition coefficient (Wildman–Crippen LogP) is 4.86. The molecule has 0 heterocycles. The van der Waals surface area contributed by atoms with E-state index in [1.165, 1.54) is 66.4 Å². The Morgan fingerprint density at radius 1 is 1.06 bits per heavy atom. The molecular weight excluding hydrogens is 216 g/mol. The molecule has 18 heavy (non-hydrogen) atoms. The lowest BCUT2D eigenvalue weighted by atomic mass is 9.91. The molecule has 0 heteroatoms. The van der Waals surface area contributed by atoms with E-state index in [9.17, 15) is 0 Å². The molecule has 1 aromatic carbocycles. The Labute approximate surface area is 110 Å². The summed E-state index contributed by atoms with van der Waals surface area (Å²) in [6.45, 7) is 8.32. The molecular formula is C18H20. The minimum atomic E-state index is 1.17. The zero-order valence-electron chi connectivity index (χ0n) is 11.0. The number of benzene rings is 1. The Kier molecular flexibility index (Phi) is 2.95. The summed E-state index contributed by atoms with van der Waals surface area (Å²) in [4.78, 5) is 0. The molecule has 0 nitrogen and oxygen atoms in total. The molecule has 0 amide bonds. The number of hydrogen-bond acceptors (Lipinski definition) is 0. The Morgan fingerprint density at radius 2 is 1.89 bits per heavy atom. The largest absolute Gasteiger partial charge is 0.0988 e. The molecule has 0 fully saturated rings. The highest BCUT2D eigenvalue weighted by Crippen LogP contribution is 2.39.